The molecule has 1 heterocycles. The summed E-state index contributed by atoms with van der Waals surface area (Å²) in [6.45, 7) is 0.445. The Morgan fingerprint density at radius 2 is 2.06 bits per heavy atom. The van der Waals surface area contributed by atoms with E-state index in [1.165, 1.54) is 7.11 Å². The van der Waals surface area contributed by atoms with Gasteiger partial charge >= 0.3 is 5.97 Å². The standard InChI is InChI=1S/C11H17N3O2/c1-16-11(15)8-4-5-9(12)14(6-8)10(13)7-2-3-7/h7-8,12-13H,2-6H2,1H3. The molecule has 16 heavy (non-hydrogen) atoms. The molecule has 0 bridgehead atoms. The van der Waals surface area contributed by atoms with Crippen molar-refractivity contribution >= 4 is 17.6 Å². The molecule has 0 radical (unpaired) electrons. The molecule has 0 aromatic rings. The van der Waals surface area contributed by atoms with Gasteiger partial charge in [0.15, 0.2) is 0 Å². The lowest BCUT2D eigenvalue weighted by Crippen LogP contribution is -2.46. The lowest BCUT2D eigenvalue weighted by atomic mass is 9.97. The monoisotopic (exact) mass is 223 g/mol. The Bertz CT molecular complexity index is 336. The molecule has 0 aromatic carbocycles. The number of carbonyl (C=O) groups excluding carboxylic acids is 1. The number of esters is 1. The maximum absolute atomic E-state index is 11.4. The van der Waals surface area contributed by atoms with Crippen LogP contribution in [0.5, 0.6) is 0 Å². The Balaban J connectivity index is 2.02. The lowest BCUT2D eigenvalue weighted by molar-refractivity contribution is -0.146. The minimum absolute atomic E-state index is 0.182. The average molecular weight is 223 g/mol. The molecule has 1 unspecified atom stereocenters. The summed E-state index contributed by atoms with van der Waals surface area (Å²) in [6, 6.07) is 0. The molecule has 5 nitrogen and oxygen atoms in total. The predicted octanol–water partition coefficient (Wildman–Crippen LogP) is 1.24. The van der Waals surface area contributed by atoms with E-state index in [0.29, 0.717) is 37.0 Å². The van der Waals surface area contributed by atoms with Crippen LogP contribution in [0.1, 0.15) is 25.7 Å². The van der Waals surface area contributed by atoms with E-state index >= 15 is 0 Å². The van der Waals surface area contributed by atoms with E-state index in [1.54, 1.807) is 4.90 Å². The predicted molar refractivity (Wildman–Crippen MR) is 59.6 cm³/mol. The molecule has 5 heteroatoms. The highest BCUT2D eigenvalue weighted by Gasteiger charge is 2.36. The van der Waals surface area contributed by atoms with Crippen LogP contribution in [0.15, 0.2) is 0 Å². The molecule has 1 aliphatic heterocycles. The summed E-state index contributed by atoms with van der Waals surface area (Å²) < 4.78 is 4.72. The molecule has 0 amide bonds. The first kappa shape index (κ1) is 11.1. The summed E-state index contributed by atoms with van der Waals surface area (Å²) in [5.41, 5.74) is 0. The number of likely N-dealkylation sites (tertiary alicyclic amines) is 1. The second-order valence-electron chi connectivity index (χ2n) is 4.48. The van der Waals surface area contributed by atoms with Gasteiger partial charge in [-0.05, 0) is 19.3 Å². The third-order valence-corrected chi connectivity index (χ3v) is 3.25. The summed E-state index contributed by atoms with van der Waals surface area (Å²) in [7, 11) is 1.39. The summed E-state index contributed by atoms with van der Waals surface area (Å²) in [6.07, 6.45) is 3.33. The first-order chi connectivity index (χ1) is 7.63. The quantitative estimate of drug-likeness (QED) is 0.420. The number of piperidine rings is 1. The van der Waals surface area contributed by atoms with Crippen molar-refractivity contribution in [3.8, 4) is 0 Å². The zero-order valence-electron chi connectivity index (χ0n) is 9.45. The van der Waals surface area contributed by atoms with Gasteiger partial charge in [-0.25, -0.2) is 0 Å². The van der Waals surface area contributed by atoms with Crippen LogP contribution >= 0.6 is 0 Å². The highest BCUT2D eigenvalue weighted by Crippen LogP contribution is 2.33. The highest BCUT2D eigenvalue weighted by atomic mass is 16.5. The van der Waals surface area contributed by atoms with E-state index in [-0.39, 0.29) is 11.9 Å². The molecule has 0 aromatic heterocycles. The van der Waals surface area contributed by atoms with Gasteiger partial charge in [-0.2, -0.15) is 0 Å². The second-order valence-corrected chi connectivity index (χ2v) is 4.48. The topological polar surface area (TPSA) is 77.2 Å². The van der Waals surface area contributed by atoms with Crippen molar-refractivity contribution in [3.63, 3.8) is 0 Å². The molecule has 2 fully saturated rings. The Morgan fingerprint density at radius 3 is 2.62 bits per heavy atom. The van der Waals surface area contributed by atoms with Crippen molar-refractivity contribution in [1.29, 1.82) is 10.8 Å². The SMILES string of the molecule is COC(=O)C1CCC(=N)N(C(=N)C2CC2)C1. The number of ether oxygens (including phenoxy) is 1. The number of nitrogens with one attached hydrogen (secondary N) is 2. The molecule has 2 N–H and O–H groups in total. The molecule has 1 aliphatic carbocycles. The zero-order valence-corrected chi connectivity index (χ0v) is 9.45. The van der Waals surface area contributed by atoms with Crippen molar-refractivity contribution in [2.24, 2.45) is 11.8 Å². The van der Waals surface area contributed by atoms with Gasteiger partial charge in [0.2, 0.25) is 0 Å². The van der Waals surface area contributed by atoms with Crippen LogP contribution in [0.4, 0.5) is 0 Å². The zero-order chi connectivity index (χ0) is 11.7. The van der Waals surface area contributed by atoms with Gasteiger partial charge in [0.1, 0.15) is 11.7 Å². The summed E-state index contributed by atoms with van der Waals surface area (Å²) >= 11 is 0. The smallest absolute Gasteiger partial charge is 0.310 e. The molecule has 1 saturated heterocycles. The van der Waals surface area contributed by atoms with E-state index in [1.807, 2.05) is 0 Å². The fraction of sp³-hybridized carbons (Fsp3) is 0.727. The van der Waals surface area contributed by atoms with Crippen LogP contribution in [0, 0.1) is 22.7 Å². The molecule has 1 atom stereocenters. The number of amidine groups is 2. The Morgan fingerprint density at radius 1 is 1.38 bits per heavy atom. The van der Waals surface area contributed by atoms with Crippen molar-refractivity contribution in [2.45, 2.75) is 25.7 Å². The molecule has 2 aliphatic rings. The fourth-order valence-electron chi connectivity index (χ4n) is 2.05. The van der Waals surface area contributed by atoms with Crippen molar-refractivity contribution in [3.05, 3.63) is 0 Å². The van der Waals surface area contributed by atoms with Crippen LogP contribution < -0.4 is 0 Å². The number of hydrogen-bond acceptors (Lipinski definition) is 4. The number of carbonyl (C=O) groups is 1. The third kappa shape index (κ3) is 2.08. The largest absolute Gasteiger partial charge is 0.469 e. The van der Waals surface area contributed by atoms with E-state index in [0.717, 1.165) is 12.8 Å². The van der Waals surface area contributed by atoms with Crippen LogP contribution in [0.2, 0.25) is 0 Å². The fourth-order valence-corrected chi connectivity index (χ4v) is 2.05. The van der Waals surface area contributed by atoms with Crippen molar-refractivity contribution < 1.29 is 9.53 Å². The van der Waals surface area contributed by atoms with Crippen LogP contribution in [0.3, 0.4) is 0 Å². The normalized spacial score (nSPS) is 25.4. The minimum atomic E-state index is -0.221. The van der Waals surface area contributed by atoms with E-state index in [4.69, 9.17) is 15.6 Å². The van der Waals surface area contributed by atoms with Crippen molar-refractivity contribution in [2.75, 3.05) is 13.7 Å². The van der Waals surface area contributed by atoms with E-state index in [2.05, 4.69) is 0 Å². The Kier molecular flexibility index (Phi) is 2.94. The highest BCUT2D eigenvalue weighted by molar-refractivity contribution is 6.01. The summed E-state index contributed by atoms with van der Waals surface area (Å²) in [5.74, 6) is 0.895. The molecular formula is C11H17N3O2. The van der Waals surface area contributed by atoms with Gasteiger partial charge in [0.05, 0.1) is 13.0 Å². The lowest BCUT2D eigenvalue weighted by Gasteiger charge is -2.33. The van der Waals surface area contributed by atoms with Crippen LogP contribution in [-0.4, -0.2) is 36.2 Å². The van der Waals surface area contributed by atoms with Crippen LogP contribution in [-0.2, 0) is 9.53 Å². The van der Waals surface area contributed by atoms with Gasteiger partial charge in [0.25, 0.3) is 0 Å². The van der Waals surface area contributed by atoms with Gasteiger partial charge < -0.3 is 9.64 Å². The van der Waals surface area contributed by atoms with Crippen LogP contribution in [0.25, 0.3) is 0 Å². The molecule has 2 rings (SSSR count). The maximum Gasteiger partial charge on any atom is 0.310 e. The molecular weight excluding hydrogens is 206 g/mol. The van der Waals surface area contributed by atoms with Crippen molar-refractivity contribution in [1.82, 2.24) is 4.90 Å². The molecule has 0 spiro atoms. The van der Waals surface area contributed by atoms with Gasteiger partial charge in [-0.3, -0.25) is 15.6 Å². The molecule has 1 saturated carbocycles. The molecule has 88 valence electrons. The van der Waals surface area contributed by atoms with Gasteiger partial charge in [-0.1, -0.05) is 0 Å². The first-order valence-corrected chi connectivity index (χ1v) is 5.64. The summed E-state index contributed by atoms with van der Waals surface area (Å²) in [4.78, 5) is 13.1. The number of rotatable bonds is 2. The maximum atomic E-state index is 11.4. The first-order valence-electron chi connectivity index (χ1n) is 5.64. The Labute approximate surface area is 94.8 Å². The summed E-state index contributed by atoms with van der Waals surface area (Å²) in [5, 5.41) is 15.8. The van der Waals surface area contributed by atoms with Gasteiger partial charge in [-0.15, -0.1) is 0 Å². The minimum Gasteiger partial charge on any atom is -0.469 e. The van der Waals surface area contributed by atoms with Gasteiger partial charge in [0, 0.05) is 18.9 Å². The van der Waals surface area contributed by atoms with E-state index in [9.17, 15) is 4.79 Å². The third-order valence-electron chi connectivity index (χ3n) is 3.25. The van der Waals surface area contributed by atoms with E-state index < -0.39 is 0 Å². The number of methoxy groups -OCH3 is 1. The average Bonchev–Trinajstić information content (AvgIpc) is 3.11. The second kappa shape index (κ2) is 4.23. The Hall–Kier alpha value is -1.39. The number of nitrogens with zero attached hydrogens (tertiary/aromatic N) is 1. The number of hydrogen-bond donors (Lipinski definition) is 2.